The van der Waals surface area contributed by atoms with Gasteiger partial charge in [0.2, 0.25) is 11.8 Å². The van der Waals surface area contributed by atoms with E-state index in [9.17, 15) is 22.4 Å². The van der Waals surface area contributed by atoms with Crippen LogP contribution < -0.4 is 19.1 Å². The highest BCUT2D eigenvalue weighted by Gasteiger charge is 2.33. The molecule has 0 fully saturated rings. The third-order valence-corrected chi connectivity index (χ3v) is 8.08. The molecule has 0 aliphatic carbocycles. The maximum Gasteiger partial charge on any atom is 0.264 e. The number of benzene rings is 3. The van der Waals surface area contributed by atoms with Gasteiger partial charge in [0.1, 0.15) is 31.6 Å². The molecule has 0 aromatic heterocycles. The fraction of sp³-hybridized carbons (Fsp3) is 0.310. The maximum absolute atomic E-state index is 13.9. The summed E-state index contributed by atoms with van der Waals surface area (Å²) < 4.78 is 53.5. The van der Waals surface area contributed by atoms with Gasteiger partial charge >= 0.3 is 0 Å². The number of halogens is 1. The second kappa shape index (κ2) is 12.4. The Hall–Kier alpha value is -4.12. The fourth-order valence-corrected chi connectivity index (χ4v) is 5.64. The van der Waals surface area contributed by atoms with Crippen molar-refractivity contribution in [1.29, 1.82) is 0 Å². The van der Waals surface area contributed by atoms with E-state index in [2.05, 4.69) is 5.32 Å². The summed E-state index contributed by atoms with van der Waals surface area (Å²) in [5, 5.41) is 2.79. The van der Waals surface area contributed by atoms with Crippen LogP contribution in [0, 0.1) is 5.82 Å². The van der Waals surface area contributed by atoms with Crippen molar-refractivity contribution in [3.05, 3.63) is 84.2 Å². The molecule has 1 aliphatic heterocycles. The number of sulfonamides is 1. The van der Waals surface area contributed by atoms with Gasteiger partial charge in [-0.3, -0.25) is 13.9 Å². The van der Waals surface area contributed by atoms with E-state index in [0.717, 1.165) is 4.31 Å². The highest BCUT2D eigenvalue weighted by Crippen LogP contribution is 2.36. The number of carbonyl (C=O) groups excluding carboxylic acids is 2. The number of rotatable bonds is 10. The number of hydrogen-bond acceptors (Lipinski definition) is 6. The lowest BCUT2D eigenvalue weighted by atomic mass is 10.1. The number of hydrogen-bond donors (Lipinski definition) is 1. The van der Waals surface area contributed by atoms with Crippen molar-refractivity contribution in [1.82, 2.24) is 10.2 Å². The molecule has 3 aromatic carbocycles. The van der Waals surface area contributed by atoms with Crippen LogP contribution in [0.5, 0.6) is 11.5 Å². The van der Waals surface area contributed by atoms with Gasteiger partial charge in [0, 0.05) is 18.7 Å². The molecule has 1 unspecified atom stereocenters. The number of ether oxygens (including phenoxy) is 2. The zero-order valence-corrected chi connectivity index (χ0v) is 23.4. The molecule has 0 bridgehead atoms. The predicted octanol–water partition coefficient (Wildman–Crippen LogP) is 3.73. The summed E-state index contributed by atoms with van der Waals surface area (Å²) >= 11 is 0. The normalized spacial score (nSPS) is 13.4. The van der Waals surface area contributed by atoms with Gasteiger partial charge in [0.15, 0.2) is 11.5 Å². The van der Waals surface area contributed by atoms with Crippen LogP contribution in [0.2, 0.25) is 0 Å². The standard InChI is InChI=1S/C29H32FN3O6S/c1-20(2)31-29(35)21(3)32(18-22-9-11-23(30)12-10-22)28(34)19-33(40(36,37)25-7-5-4-6-8-25)24-13-14-26-27(17-24)39-16-15-38-26/h4-14,17,20-21H,15-16,18-19H2,1-3H3,(H,31,35). The van der Waals surface area contributed by atoms with Gasteiger partial charge in [0.25, 0.3) is 10.0 Å². The molecule has 0 saturated carbocycles. The van der Waals surface area contributed by atoms with E-state index in [-0.39, 0.29) is 23.2 Å². The second-order valence-electron chi connectivity index (χ2n) is 9.64. The predicted molar refractivity (Wildman–Crippen MR) is 148 cm³/mol. The summed E-state index contributed by atoms with van der Waals surface area (Å²) in [4.78, 5) is 28.1. The maximum atomic E-state index is 13.9. The van der Waals surface area contributed by atoms with E-state index < -0.39 is 40.2 Å². The minimum absolute atomic E-state index is 0.00614. The Labute approximate surface area is 233 Å². The molecule has 0 saturated heterocycles. The summed E-state index contributed by atoms with van der Waals surface area (Å²) in [7, 11) is -4.21. The third-order valence-electron chi connectivity index (χ3n) is 6.29. The van der Waals surface area contributed by atoms with E-state index in [1.165, 1.54) is 47.4 Å². The van der Waals surface area contributed by atoms with Crippen molar-refractivity contribution in [2.45, 2.75) is 44.3 Å². The average molecular weight is 570 g/mol. The molecule has 9 nitrogen and oxygen atoms in total. The van der Waals surface area contributed by atoms with Crippen molar-refractivity contribution in [3.63, 3.8) is 0 Å². The van der Waals surface area contributed by atoms with Crippen molar-refractivity contribution < 1.29 is 31.9 Å². The van der Waals surface area contributed by atoms with Crippen LogP contribution in [-0.4, -0.2) is 57.0 Å². The molecule has 11 heteroatoms. The average Bonchev–Trinajstić information content (AvgIpc) is 2.95. The first-order chi connectivity index (χ1) is 19.1. The Morgan fingerprint density at radius 3 is 2.23 bits per heavy atom. The Morgan fingerprint density at radius 1 is 0.925 bits per heavy atom. The fourth-order valence-electron chi connectivity index (χ4n) is 4.21. The molecule has 1 aliphatic rings. The van der Waals surface area contributed by atoms with Crippen LogP contribution >= 0.6 is 0 Å². The molecule has 212 valence electrons. The molecular formula is C29H32FN3O6S. The summed E-state index contributed by atoms with van der Waals surface area (Å²) in [5.41, 5.74) is 0.776. The van der Waals surface area contributed by atoms with Crippen LogP contribution in [0.15, 0.2) is 77.7 Å². The molecule has 1 heterocycles. The van der Waals surface area contributed by atoms with Crippen LogP contribution in [0.1, 0.15) is 26.3 Å². The van der Waals surface area contributed by atoms with Crippen LogP contribution in [0.3, 0.4) is 0 Å². The first-order valence-electron chi connectivity index (χ1n) is 12.9. The molecule has 1 atom stereocenters. The van der Waals surface area contributed by atoms with Crippen LogP contribution in [0.25, 0.3) is 0 Å². The quantitative estimate of drug-likeness (QED) is 0.399. The molecule has 4 rings (SSSR count). The molecule has 3 aromatic rings. The van der Waals surface area contributed by atoms with E-state index in [1.807, 2.05) is 0 Å². The van der Waals surface area contributed by atoms with Gasteiger partial charge in [-0.1, -0.05) is 30.3 Å². The number of fused-ring (bicyclic) bond motifs is 1. The summed E-state index contributed by atoms with van der Waals surface area (Å²) in [6.45, 7) is 5.20. The summed E-state index contributed by atoms with van der Waals surface area (Å²) in [5.74, 6) is -0.633. The molecular weight excluding hydrogens is 537 g/mol. The number of anilines is 1. The van der Waals surface area contributed by atoms with Crippen molar-refractivity contribution in [3.8, 4) is 11.5 Å². The third kappa shape index (κ3) is 6.71. The lowest BCUT2D eigenvalue weighted by Gasteiger charge is -2.32. The Morgan fingerprint density at radius 2 is 1.57 bits per heavy atom. The minimum atomic E-state index is -4.21. The largest absolute Gasteiger partial charge is 0.486 e. The zero-order chi connectivity index (χ0) is 28.9. The van der Waals surface area contributed by atoms with E-state index in [4.69, 9.17) is 9.47 Å². The Bertz CT molecular complexity index is 1450. The topological polar surface area (TPSA) is 105 Å². The Kier molecular flexibility index (Phi) is 8.93. The molecule has 40 heavy (non-hydrogen) atoms. The summed E-state index contributed by atoms with van der Waals surface area (Å²) in [6.07, 6.45) is 0. The molecule has 1 N–H and O–H groups in total. The van der Waals surface area contributed by atoms with Gasteiger partial charge in [-0.05, 0) is 62.7 Å². The van der Waals surface area contributed by atoms with Gasteiger partial charge in [-0.25, -0.2) is 12.8 Å². The lowest BCUT2D eigenvalue weighted by Crippen LogP contribution is -2.52. The first-order valence-corrected chi connectivity index (χ1v) is 14.3. The number of nitrogens with zero attached hydrogens (tertiary/aromatic N) is 2. The van der Waals surface area contributed by atoms with E-state index in [1.54, 1.807) is 51.1 Å². The van der Waals surface area contributed by atoms with Crippen molar-refractivity contribution in [2.24, 2.45) is 0 Å². The molecule has 0 radical (unpaired) electrons. The van der Waals surface area contributed by atoms with Gasteiger partial charge < -0.3 is 19.7 Å². The van der Waals surface area contributed by atoms with Crippen molar-refractivity contribution in [2.75, 3.05) is 24.1 Å². The number of amides is 2. The monoisotopic (exact) mass is 569 g/mol. The highest BCUT2D eigenvalue weighted by molar-refractivity contribution is 7.92. The first kappa shape index (κ1) is 28.9. The molecule has 0 spiro atoms. The lowest BCUT2D eigenvalue weighted by molar-refractivity contribution is -0.139. The van der Waals surface area contributed by atoms with Gasteiger partial charge in [-0.2, -0.15) is 0 Å². The highest BCUT2D eigenvalue weighted by atomic mass is 32.2. The van der Waals surface area contributed by atoms with E-state index >= 15 is 0 Å². The smallest absolute Gasteiger partial charge is 0.264 e. The second-order valence-corrected chi connectivity index (χ2v) is 11.5. The van der Waals surface area contributed by atoms with E-state index in [0.29, 0.717) is 30.3 Å². The summed E-state index contributed by atoms with van der Waals surface area (Å²) in [6, 6.07) is 16.9. The van der Waals surface area contributed by atoms with Crippen LogP contribution in [0.4, 0.5) is 10.1 Å². The minimum Gasteiger partial charge on any atom is -0.486 e. The van der Waals surface area contributed by atoms with Gasteiger partial charge in [-0.15, -0.1) is 0 Å². The van der Waals surface area contributed by atoms with Gasteiger partial charge in [0.05, 0.1) is 10.6 Å². The zero-order valence-electron chi connectivity index (χ0n) is 22.5. The molecule has 2 amide bonds. The van der Waals surface area contributed by atoms with Crippen molar-refractivity contribution >= 4 is 27.5 Å². The number of carbonyl (C=O) groups is 2. The SMILES string of the molecule is CC(C)NC(=O)C(C)N(Cc1ccc(F)cc1)C(=O)CN(c1ccc2c(c1)OCCO2)S(=O)(=O)c1ccccc1. The Balaban J connectivity index is 1.73. The van der Waals surface area contributed by atoms with Crippen LogP contribution in [-0.2, 0) is 26.2 Å². The number of nitrogens with one attached hydrogen (secondary N) is 1.